The molecule has 0 aliphatic carbocycles. The fourth-order valence-corrected chi connectivity index (χ4v) is 2.80. The Balaban J connectivity index is 2.39. The normalized spacial score (nSPS) is 11.5. The number of hydrogen-bond donors (Lipinski definition) is 1. The van der Waals surface area contributed by atoms with Gasteiger partial charge >= 0.3 is 6.18 Å². The Morgan fingerprint density at radius 2 is 1.90 bits per heavy atom. The molecule has 0 radical (unpaired) electrons. The average Bonchev–Trinajstić information content (AvgIpc) is 2.46. The van der Waals surface area contributed by atoms with Crippen molar-refractivity contribution < 1.29 is 17.9 Å². The molecule has 6 heteroatoms. The minimum atomic E-state index is -4.41. The minimum absolute atomic E-state index is 0.0766. The molecule has 0 bridgehead atoms. The monoisotopic (exact) mass is 313 g/mol. The van der Waals surface area contributed by atoms with Gasteiger partial charge in [0.05, 0.1) is 12.7 Å². The van der Waals surface area contributed by atoms with E-state index < -0.39 is 11.7 Å². The van der Waals surface area contributed by atoms with Gasteiger partial charge in [-0.05, 0) is 35.9 Å². The second-order valence-corrected chi connectivity index (χ2v) is 5.43. The van der Waals surface area contributed by atoms with Crippen LogP contribution in [0.15, 0.2) is 52.3 Å². The first-order valence-electron chi connectivity index (χ1n) is 6.16. The second-order valence-electron chi connectivity index (χ2n) is 4.31. The quantitative estimate of drug-likeness (QED) is 0.913. The molecule has 2 nitrogen and oxygen atoms in total. The molecule has 0 atom stereocenters. The van der Waals surface area contributed by atoms with E-state index in [-0.39, 0.29) is 11.4 Å². The van der Waals surface area contributed by atoms with E-state index in [1.807, 2.05) is 0 Å². The zero-order valence-corrected chi connectivity index (χ0v) is 12.1. The molecule has 2 N–H and O–H groups in total. The van der Waals surface area contributed by atoms with E-state index in [0.717, 1.165) is 17.8 Å². The lowest BCUT2D eigenvalue weighted by atomic mass is 10.1. The van der Waals surface area contributed by atoms with Crippen molar-refractivity contribution in [3.05, 3.63) is 53.6 Å². The summed E-state index contributed by atoms with van der Waals surface area (Å²) in [7, 11) is 1.51. The van der Waals surface area contributed by atoms with Gasteiger partial charge in [-0.2, -0.15) is 13.2 Å². The topological polar surface area (TPSA) is 35.2 Å². The largest absolute Gasteiger partial charge is 0.497 e. The third kappa shape index (κ3) is 3.92. The maximum atomic E-state index is 13.1. The second kappa shape index (κ2) is 6.41. The van der Waals surface area contributed by atoms with Gasteiger partial charge < -0.3 is 10.5 Å². The Bertz CT molecular complexity index is 629. The van der Waals surface area contributed by atoms with Crippen LogP contribution in [0.4, 0.5) is 13.2 Å². The van der Waals surface area contributed by atoms with E-state index >= 15 is 0 Å². The molecule has 2 rings (SSSR count). The zero-order chi connectivity index (χ0) is 15.5. The molecule has 0 amide bonds. The average molecular weight is 313 g/mol. The molecule has 0 saturated heterocycles. The van der Waals surface area contributed by atoms with E-state index in [9.17, 15) is 13.2 Å². The Morgan fingerprint density at radius 3 is 2.52 bits per heavy atom. The van der Waals surface area contributed by atoms with Crippen molar-refractivity contribution in [3.8, 4) is 5.75 Å². The van der Waals surface area contributed by atoms with Crippen molar-refractivity contribution in [1.82, 2.24) is 0 Å². The predicted octanol–water partition coefficient (Wildman–Crippen LogP) is 4.32. The predicted molar refractivity (Wildman–Crippen MR) is 76.5 cm³/mol. The maximum absolute atomic E-state index is 13.1. The SMILES string of the molecule is COc1cccc(Sc2ccc(CN)cc2C(F)(F)F)c1. The van der Waals surface area contributed by atoms with Crippen LogP contribution in [0.25, 0.3) is 0 Å². The summed E-state index contributed by atoms with van der Waals surface area (Å²) >= 11 is 1.05. The van der Waals surface area contributed by atoms with Crippen LogP contribution in [0.5, 0.6) is 5.75 Å². The van der Waals surface area contributed by atoms with Crippen LogP contribution in [0.3, 0.4) is 0 Å². The summed E-state index contributed by atoms with van der Waals surface area (Å²) in [5, 5.41) is 0. The van der Waals surface area contributed by atoms with Gasteiger partial charge in [0.15, 0.2) is 0 Å². The molecular formula is C15H14F3NOS. The number of nitrogens with two attached hydrogens (primary N) is 1. The van der Waals surface area contributed by atoms with Gasteiger partial charge in [0.25, 0.3) is 0 Å². The molecule has 112 valence electrons. The summed E-state index contributed by atoms with van der Waals surface area (Å²) in [5.41, 5.74) is 5.20. The first kappa shape index (κ1) is 15.7. The number of halogens is 3. The lowest BCUT2D eigenvalue weighted by Crippen LogP contribution is -2.08. The van der Waals surface area contributed by atoms with Crippen molar-refractivity contribution in [2.24, 2.45) is 5.73 Å². The van der Waals surface area contributed by atoms with Gasteiger partial charge in [-0.1, -0.05) is 23.9 Å². The highest BCUT2D eigenvalue weighted by molar-refractivity contribution is 7.99. The third-order valence-electron chi connectivity index (χ3n) is 2.85. The van der Waals surface area contributed by atoms with Crippen LogP contribution in [-0.4, -0.2) is 7.11 Å². The summed E-state index contributed by atoms with van der Waals surface area (Å²) in [4.78, 5) is 0.827. The Kier molecular flexibility index (Phi) is 4.80. The van der Waals surface area contributed by atoms with Crippen LogP contribution < -0.4 is 10.5 Å². The number of benzene rings is 2. The van der Waals surface area contributed by atoms with Gasteiger partial charge in [-0.3, -0.25) is 0 Å². The van der Waals surface area contributed by atoms with E-state index in [1.165, 1.54) is 13.2 Å². The lowest BCUT2D eigenvalue weighted by Gasteiger charge is -2.14. The third-order valence-corrected chi connectivity index (χ3v) is 3.92. The Morgan fingerprint density at radius 1 is 1.14 bits per heavy atom. The highest BCUT2D eigenvalue weighted by Gasteiger charge is 2.33. The molecule has 0 unspecified atom stereocenters. The molecule has 0 fully saturated rings. The van der Waals surface area contributed by atoms with Crippen molar-refractivity contribution in [2.75, 3.05) is 7.11 Å². The van der Waals surface area contributed by atoms with Crippen molar-refractivity contribution in [1.29, 1.82) is 0 Å². The molecule has 2 aromatic rings. The number of methoxy groups -OCH3 is 1. The fourth-order valence-electron chi connectivity index (χ4n) is 1.81. The lowest BCUT2D eigenvalue weighted by molar-refractivity contribution is -0.139. The molecule has 21 heavy (non-hydrogen) atoms. The number of ether oxygens (including phenoxy) is 1. The Hall–Kier alpha value is -1.66. The van der Waals surface area contributed by atoms with Gasteiger partial charge in [0.1, 0.15) is 5.75 Å². The molecular weight excluding hydrogens is 299 g/mol. The standard InChI is InChI=1S/C15H14F3NOS/c1-20-11-3-2-4-12(8-11)21-14-6-5-10(9-19)7-13(14)15(16,17)18/h2-8H,9,19H2,1H3. The first-order chi connectivity index (χ1) is 9.94. The van der Waals surface area contributed by atoms with Gasteiger partial charge in [-0.25, -0.2) is 0 Å². The minimum Gasteiger partial charge on any atom is -0.497 e. The molecule has 2 aromatic carbocycles. The summed E-state index contributed by atoms with van der Waals surface area (Å²) in [6.45, 7) is 0.0766. The smallest absolute Gasteiger partial charge is 0.417 e. The molecule has 0 spiro atoms. The highest BCUT2D eigenvalue weighted by Crippen LogP contribution is 2.40. The van der Waals surface area contributed by atoms with Crippen LogP contribution in [-0.2, 0) is 12.7 Å². The van der Waals surface area contributed by atoms with Crippen LogP contribution >= 0.6 is 11.8 Å². The number of rotatable bonds is 4. The van der Waals surface area contributed by atoms with Crippen molar-refractivity contribution in [2.45, 2.75) is 22.5 Å². The summed E-state index contributed by atoms with van der Waals surface area (Å²) in [6, 6.07) is 11.1. The van der Waals surface area contributed by atoms with Crippen LogP contribution in [0.2, 0.25) is 0 Å². The van der Waals surface area contributed by atoms with Crippen molar-refractivity contribution in [3.63, 3.8) is 0 Å². The number of alkyl halides is 3. The first-order valence-corrected chi connectivity index (χ1v) is 6.98. The molecule has 0 heterocycles. The van der Waals surface area contributed by atoms with E-state index in [2.05, 4.69) is 0 Å². The summed E-state index contributed by atoms with van der Waals surface area (Å²) in [5.74, 6) is 0.604. The summed E-state index contributed by atoms with van der Waals surface area (Å²) < 4.78 is 44.5. The van der Waals surface area contributed by atoms with Crippen LogP contribution in [0, 0.1) is 0 Å². The molecule has 0 aliphatic rings. The van der Waals surface area contributed by atoms with Crippen molar-refractivity contribution >= 4 is 11.8 Å². The zero-order valence-electron chi connectivity index (χ0n) is 11.3. The van der Waals surface area contributed by atoms with E-state index in [0.29, 0.717) is 16.2 Å². The Labute approximate surface area is 125 Å². The van der Waals surface area contributed by atoms with Crippen LogP contribution in [0.1, 0.15) is 11.1 Å². The number of hydrogen-bond acceptors (Lipinski definition) is 3. The molecule has 0 aromatic heterocycles. The molecule has 0 aliphatic heterocycles. The van der Waals surface area contributed by atoms with E-state index in [1.54, 1.807) is 30.3 Å². The summed E-state index contributed by atoms with van der Waals surface area (Å²) in [6.07, 6.45) is -4.41. The fraction of sp³-hybridized carbons (Fsp3) is 0.200. The molecule has 0 saturated carbocycles. The van der Waals surface area contributed by atoms with Gasteiger partial charge in [-0.15, -0.1) is 0 Å². The maximum Gasteiger partial charge on any atom is 0.417 e. The van der Waals surface area contributed by atoms with Gasteiger partial charge in [0, 0.05) is 16.3 Å². The van der Waals surface area contributed by atoms with Gasteiger partial charge in [0.2, 0.25) is 0 Å². The van der Waals surface area contributed by atoms with E-state index in [4.69, 9.17) is 10.5 Å². The highest BCUT2D eigenvalue weighted by atomic mass is 32.2.